The van der Waals surface area contributed by atoms with E-state index in [1.807, 2.05) is 0 Å². The Bertz CT molecular complexity index is 282. The van der Waals surface area contributed by atoms with Gasteiger partial charge in [-0.25, -0.2) is 0 Å². The van der Waals surface area contributed by atoms with Crippen molar-refractivity contribution < 1.29 is 9.90 Å². The van der Waals surface area contributed by atoms with Crippen LogP contribution in [0.15, 0.2) is 0 Å². The first-order valence-corrected chi connectivity index (χ1v) is 8.29. The van der Waals surface area contributed by atoms with Gasteiger partial charge in [-0.2, -0.15) is 0 Å². The topological polar surface area (TPSA) is 49.3 Å². The third-order valence-corrected chi connectivity index (χ3v) is 5.80. The summed E-state index contributed by atoms with van der Waals surface area (Å²) in [6, 6.07) is 0. The highest BCUT2D eigenvalue weighted by Crippen LogP contribution is 2.33. The number of thioether (sulfide) groups is 1. The van der Waals surface area contributed by atoms with Crippen LogP contribution in [-0.2, 0) is 4.79 Å². The number of carbonyl (C=O) groups is 1. The van der Waals surface area contributed by atoms with Gasteiger partial charge < -0.3 is 10.4 Å². The molecule has 1 atom stereocenters. The van der Waals surface area contributed by atoms with E-state index in [2.05, 4.69) is 12.2 Å². The Balaban J connectivity index is 1.73. The Morgan fingerprint density at radius 1 is 1.39 bits per heavy atom. The lowest BCUT2D eigenvalue weighted by molar-refractivity contribution is -0.122. The average Bonchev–Trinajstić information content (AvgIpc) is 2.91. The van der Waals surface area contributed by atoms with Gasteiger partial charge in [-0.05, 0) is 50.2 Å². The fourth-order valence-corrected chi connectivity index (χ4v) is 4.14. The van der Waals surface area contributed by atoms with Crippen LogP contribution in [0.4, 0.5) is 0 Å². The molecule has 3 nitrogen and oxygen atoms in total. The quantitative estimate of drug-likeness (QED) is 0.825. The summed E-state index contributed by atoms with van der Waals surface area (Å²) in [5.74, 6) is 2.00. The maximum absolute atomic E-state index is 11.9. The van der Waals surface area contributed by atoms with Gasteiger partial charge >= 0.3 is 0 Å². The minimum Gasteiger partial charge on any atom is -0.388 e. The molecule has 0 aromatic rings. The fourth-order valence-electron chi connectivity index (χ4n) is 2.95. The molecule has 1 amide bonds. The summed E-state index contributed by atoms with van der Waals surface area (Å²) in [4.78, 5) is 11.9. The highest BCUT2D eigenvalue weighted by atomic mass is 32.2. The Morgan fingerprint density at radius 3 is 2.67 bits per heavy atom. The van der Waals surface area contributed by atoms with E-state index in [0.29, 0.717) is 6.54 Å². The van der Waals surface area contributed by atoms with Gasteiger partial charge in [0.25, 0.3) is 0 Å². The van der Waals surface area contributed by atoms with Gasteiger partial charge in [0.1, 0.15) is 0 Å². The van der Waals surface area contributed by atoms with Crippen LogP contribution in [0, 0.1) is 5.92 Å². The largest absolute Gasteiger partial charge is 0.388 e. The van der Waals surface area contributed by atoms with E-state index in [1.165, 1.54) is 6.42 Å². The van der Waals surface area contributed by atoms with Crippen LogP contribution < -0.4 is 5.32 Å². The molecule has 18 heavy (non-hydrogen) atoms. The number of amides is 1. The lowest BCUT2D eigenvalue weighted by Gasteiger charge is -2.36. The second-order valence-corrected chi connectivity index (χ2v) is 7.11. The molecule has 2 fully saturated rings. The molecule has 2 aliphatic rings. The molecule has 1 saturated heterocycles. The number of nitrogens with one attached hydrogen (secondary N) is 1. The highest BCUT2D eigenvalue weighted by Gasteiger charge is 2.33. The van der Waals surface area contributed by atoms with E-state index >= 15 is 0 Å². The Labute approximate surface area is 114 Å². The lowest BCUT2D eigenvalue weighted by Crippen LogP contribution is -2.47. The summed E-state index contributed by atoms with van der Waals surface area (Å²) in [5.41, 5.74) is -0.648. The summed E-state index contributed by atoms with van der Waals surface area (Å²) in [5, 5.41) is 13.5. The molecular formula is C14H25NO2S. The third-order valence-electron chi connectivity index (χ3n) is 4.43. The van der Waals surface area contributed by atoms with Crippen molar-refractivity contribution >= 4 is 17.7 Å². The van der Waals surface area contributed by atoms with E-state index in [1.54, 1.807) is 11.8 Å². The zero-order valence-corrected chi connectivity index (χ0v) is 12.1. The fraction of sp³-hybridized carbons (Fsp3) is 0.929. The average molecular weight is 271 g/mol. The second-order valence-electron chi connectivity index (χ2n) is 5.80. The molecule has 2 N–H and O–H groups in total. The summed E-state index contributed by atoms with van der Waals surface area (Å²) < 4.78 is 0. The normalized spacial score (nSPS) is 36.6. The van der Waals surface area contributed by atoms with Crippen molar-refractivity contribution in [1.82, 2.24) is 5.32 Å². The Hall–Kier alpha value is -0.220. The molecule has 1 heterocycles. The molecule has 2 rings (SSSR count). The molecule has 0 spiro atoms. The van der Waals surface area contributed by atoms with E-state index in [9.17, 15) is 9.90 Å². The van der Waals surface area contributed by atoms with Crippen molar-refractivity contribution in [2.75, 3.05) is 12.3 Å². The maximum atomic E-state index is 11.9. The van der Waals surface area contributed by atoms with Gasteiger partial charge in [0.05, 0.1) is 10.9 Å². The highest BCUT2D eigenvalue weighted by molar-refractivity contribution is 8.00. The van der Waals surface area contributed by atoms with Crippen molar-refractivity contribution in [3.05, 3.63) is 0 Å². The molecule has 0 bridgehead atoms. The van der Waals surface area contributed by atoms with Gasteiger partial charge in [-0.3, -0.25) is 4.79 Å². The van der Waals surface area contributed by atoms with Crippen LogP contribution in [0.5, 0.6) is 0 Å². The molecular weight excluding hydrogens is 246 g/mol. The molecule has 0 aromatic carbocycles. The first-order valence-electron chi connectivity index (χ1n) is 7.25. The van der Waals surface area contributed by atoms with Gasteiger partial charge in [0.15, 0.2) is 0 Å². The van der Waals surface area contributed by atoms with Crippen LogP contribution in [0.1, 0.15) is 51.9 Å². The lowest BCUT2D eigenvalue weighted by atomic mass is 9.78. The summed E-state index contributed by atoms with van der Waals surface area (Å²) in [6.07, 6.45) is 7.22. The SMILES string of the molecule is CCC1CCC(O)(CNC(=O)C2CCCS2)CC1. The summed E-state index contributed by atoms with van der Waals surface area (Å²) in [7, 11) is 0. The van der Waals surface area contributed by atoms with Crippen LogP contribution in [0.25, 0.3) is 0 Å². The molecule has 0 radical (unpaired) electrons. The molecule has 1 unspecified atom stereocenters. The zero-order valence-electron chi connectivity index (χ0n) is 11.3. The van der Waals surface area contributed by atoms with E-state index < -0.39 is 5.60 Å². The van der Waals surface area contributed by atoms with Crippen LogP contribution in [0.3, 0.4) is 0 Å². The number of hydrogen-bond acceptors (Lipinski definition) is 3. The number of carbonyl (C=O) groups excluding carboxylic acids is 1. The van der Waals surface area contributed by atoms with Crippen LogP contribution in [-0.4, -0.2) is 34.2 Å². The maximum Gasteiger partial charge on any atom is 0.233 e. The predicted octanol–water partition coefficient (Wildman–Crippen LogP) is 2.33. The molecule has 1 aliphatic carbocycles. The second kappa shape index (κ2) is 6.29. The van der Waals surface area contributed by atoms with Crippen molar-refractivity contribution in [3.8, 4) is 0 Å². The summed E-state index contributed by atoms with van der Waals surface area (Å²) >= 11 is 1.75. The summed E-state index contributed by atoms with van der Waals surface area (Å²) in [6.45, 7) is 2.66. The minimum absolute atomic E-state index is 0.126. The Kier molecular flexibility index (Phi) is 4.96. The molecule has 104 valence electrons. The minimum atomic E-state index is -0.648. The third kappa shape index (κ3) is 3.64. The van der Waals surface area contributed by atoms with Crippen molar-refractivity contribution in [2.24, 2.45) is 5.92 Å². The first-order chi connectivity index (χ1) is 8.63. The van der Waals surface area contributed by atoms with Gasteiger partial charge in [-0.15, -0.1) is 11.8 Å². The number of hydrogen-bond donors (Lipinski definition) is 2. The zero-order chi connectivity index (χ0) is 13.0. The molecule has 1 aliphatic heterocycles. The van der Waals surface area contributed by atoms with E-state index in [-0.39, 0.29) is 11.2 Å². The molecule has 1 saturated carbocycles. The smallest absolute Gasteiger partial charge is 0.233 e. The van der Waals surface area contributed by atoms with Crippen LogP contribution in [0.2, 0.25) is 0 Å². The van der Waals surface area contributed by atoms with Crippen molar-refractivity contribution in [3.63, 3.8) is 0 Å². The van der Waals surface area contributed by atoms with Gasteiger partial charge in [0.2, 0.25) is 5.91 Å². The monoisotopic (exact) mass is 271 g/mol. The van der Waals surface area contributed by atoms with Crippen molar-refractivity contribution in [2.45, 2.75) is 62.7 Å². The molecule has 0 aromatic heterocycles. The van der Waals surface area contributed by atoms with Crippen LogP contribution >= 0.6 is 11.8 Å². The number of aliphatic hydroxyl groups is 1. The van der Waals surface area contributed by atoms with E-state index in [0.717, 1.165) is 50.2 Å². The van der Waals surface area contributed by atoms with E-state index in [4.69, 9.17) is 0 Å². The predicted molar refractivity (Wildman–Crippen MR) is 75.7 cm³/mol. The molecule has 4 heteroatoms. The standard InChI is InChI=1S/C14H25NO2S/c1-2-11-5-7-14(17,8-6-11)10-15-13(16)12-4-3-9-18-12/h11-12,17H,2-10H2,1H3,(H,15,16). The van der Waals surface area contributed by atoms with Gasteiger partial charge in [-0.1, -0.05) is 13.3 Å². The van der Waals surface area contributed by atoms with Gasteiger partial charge in [0, 0.05) is 6.54 Å². The van der Waals surface area contributed by atoms with Crippen molar-refractivity contribution in [1.29, 1.82) is 0 Å². The number of rotatable bonds is 4. The Morgan fingerprint density at radius 2 is 2.11 bits per heavy atom. The first kappa shape index (κ1) is 14.2.